The molecule has 0 saturated carbocycles. The zero-order valence-electron chi connectivity index (χ0n) is 10.9. The normalized spacial score (nSPS) is 10.2. The van der Waals surface area contributed by atoms with E-state index in [-0.39, 0.29) is 0 Å². The van der Waals surface area contributed by atoms with Crippen LogP contribution in [0, 0.1) is 5.92 Å². The van der Waals surface area contributed by atoms with Crippen molar-refractivity contribution in [3.05, 3.63) is 24.3 Å². The van der Waals surface area contributed by atoms with Crippen LogP contribution < -0.4 is 10.1 Å². The highest BCUT2D eigenvalue weighted by Gasteiger charge is 2.00. The molecule has 0 spiro atoms. The van der Waals surface area contributed by atoms with Crippen LogP contribution in [0.25, 0.3) is 0 Å². The monoisotopic (exact) mass is 252 g/mol. The number of hydrogen-bond donors (Lipinski definition) is 1. The number of rotatable bonds is 4. The summed E-state index contributed by atoms with van der Waals surface area (Å²) in [7, 11) is 3.82. The van der Waals surface area contributed by atoms with Gasteiger partial charge in [-0.05, 0) is 42.4 Å². The van der Waals surface area contributed by atoms with Gasteiger partial charge in [-0.1, -0.05) is 13.8 Å². The third kappa shape index (κ3) is 5.04. The maximum Gasteiger partial charge on any atom is 0.172 e. The van der Waals surface area contributed by atoms with Crippen LogP contribution in [0.15, 0.2) is 24.3 Å². The van der Waals surface area contributed by atoms with Gasteiger partial charge in [-0.2, -0.15) is 0 Å². The molecule has 4 heteroatoms. The molecule has 0 aliphatic rings. The predicted molar refractivity (Wildman–Crippen MR) is 76.7 cm³/mol. The van der Waals surface area contributed by atoms with Crippen molar-refractivity contribution in [2.45, 2.75) is 13.8 Å². The van der Waals surface area contributed by atoms with E-state index in [0.29, 0.717) is 11.0 Å². The van der Waals surface area contributed by atoms with Crippen molar-refractivity contribution in [1.29, 1.82) is 0 Å². The largest absolute Gasteiger partial charge is 0.493 e. The van der Waals surface area contributed by atoms with Crippen LogP contribution in [0.2, 0.25) is 0 Å². The van der Waals surface area contributed by atoms with E-state index < -0.39 is 0 Å². The Morgan fingerprint density at radius 2 is 1.88 bits per heavy atom. The van der Waals surface area contributed by atoms with E-state index in [1.165, 1.54) is 0 Å². The zero-order valence-corrected chi connectivity index (χ0v) is 11.7. The van der Waals surface area contributed by atoms with Crippen LogP contribution in [-0.4, -0.2) is 30.7 Å². The van der Waals surface area contributed by atoms with Crippen molar-refractivity contribution >= 4 is 23.0 Å². The van der Waals surface area contributed by atoms with Crippen molar-refractivity contribution in [2.24, 2.45) is 5.92 Å². The van der Waals surface area contributed by atoms with Crippen molar-refractivity contribution in [2.75, 3.05) is 26.0 Å². The van der Waals surface area contributed by atoms with Gasteiger partial charge in [-0.15, -0.1) is 0 Å². The summed E-state index contributed by atoms with van der Waals surface area (Å²) < 4.78 is 5.60. The summed E-state index contributed by atoms with van der Waals surface area (Å²) in [5.41, 5.74) is 0.973. The molecule has 0 atom stereocenters. The van der Waals surface area contributed by atoms with E-state index in [9.17, 15) is 0 Å². The number of thiocarbonyl (C=S) groups is 1. The fourth-order valence-electron chi connectivity index (χ4n) is 1.13. The average molecular weight is 252 g/mol. The van der Waals surface area contributed by atoms with Gasteiger partial charge in [0, 0.05) is 19.8 Å². The first-order valence-electron chi connectivity index (χ1n) is 5.70. The fourth-order valence-corrected chi connectivity index (χ4v) is 1.25. The van der Waals surface area contributed by atoms with Crippen LogP contribution in [0.4, 0.5) is 5.69 Å². The second kappa shape index (κ2) is 6.45. The Balaban J connectivity index is 2.53. The van der Waals surface area contributed by atoms with Gasteiger partial charge in [0.1, 0.15) is 5.75 Å². The molecule has 0 aromatic heterocycles. The molecule has 1 aromatic rings. The molecular formula is C13H20N2OS. The molecule has 94 valence electrons. The third-order valence-corrected chi connectivity index (χ3v) is 2.56. The molecule has 1 aromatic carbocycles. The van der Waals surface area contributed by atoms with E-state index >= 15 is 0 Å². The Morgan fingerprint density at radius 1 is 1.29 bits per heavy atom. The minimum Gasteiger partial charge on any atom is -0.493 e. The lowest BCUT2D eigenvalue weighted by molar-refractivity contribution is 0.271. The second-order valence-corrected chi connectivity index (χ2v) is 4.94. The maximum absolute atomic E-state index is 5.60. The van der Waals surface area contributed by atoms with Gasteiger partial charge in [0.05, 0.1) is 6.61 Å². The molecule has 0 aliphatic carbocycles. The summed E-state index contributed by atoms with van der Waals surface area (Å²) in [5, 5.41) is 3.83. The number of nitrogens with zero attached hydrogens (tertiary/aromatic N) is 1. The molecule has 0 heterocycles. The lowest BCUT2D eigenvalue weighted by Crippen LogP contribution is -2.26. The number of ether oxygens (including phenoxy) is 1. The topological polar surface area (TPSA) is 24.5 Å². The average Bonchev–Trinajstić information content (AvgIpc) is 2.28. The van der Waals surface area contributed by atoms with Crippen LogP contribution in [0.5, 0.6) is 5.75 Å². The van der Waals surface area contributed by atoms with Gasteiger partial charge in [-0.25, -0.2) is 0 Å². The fraction of sp³-hybridized carbons (Fsp3) is 0.462. The van der Waals surface area contributed by atoms with Crippen molar-refractivity contribution in [3.63, 3.8) is 0 Å². The van der Waals surface area contributed by atoms with Gasteiger partial charge in [0.15, 0.2) is 5.11 Å². The molecule has 0 amide bonds. The summed E-state index contributed by atoms with van der Waals surface area (Å²) in [6.45, 7) is 5.00. The Kier molecular flexibility index (Phi) is 5.22. The first-order valence-corrected chi connectivity index (χ1v) is 6.11. The second-order valence-electron chi connectivity index (χ2n) is 4.55. The zero-order chi connectivity index (χ0) is 12.8. The van der Waals surface area contributed by atoms with E-state index in [1.54, 1.807) is 0 Å². The standard InChI is InChI=1S/C13H20N2OS/c1-10(2)9-16-12-7-5-11(6-8-12)14-13(17)15(3)4/h5-8,10H,9H2,1-4H3,(H,14,17). The quantitative estimate of drug-likeness (QED) is 0.833. The molecule has 0 bridgehead atoms. The minimum atomic E-state index is 0.536. The number of nitrogens with one attached hydrogen (secondary N) is 1. The van der Waals surface area contributed by atoms with Gasteiger partial charge >= 0.3 is 0 Å². The molecule has 3 nitrogen and oxygen atoms in total. The Morgan fingerprint density at radius 3 is 2.35 bits per heavy atom. The Labute approximate surface area is 109 Å². The maximum atomic E-state index is 5.60. The first-order chi connectivity index (χ1) is 7.99. The third-order valence-electron chi connectivity index (χ3n) is 2.10. The summed E-state index contributed by atoms with van der Waals surface area (Å²) in [5.74, 6) is 1.43. The minimum absolute atomic E-state index is 0.536. The van der Waals surface area contributed by atoms with E-state index in [2.05, 4.69) is 19.2 Å². The summed E-state index contributed by atoms with van der Waals surface area (Å²) in [6.07, 6.45) is 0. The molecule has 0 radical (unpaired) electrons. The van der Waals surface area contributed by atoms with Crippen LogP contribution in [0.3, 0.4) is 0 Å². The molecule has 0 aliphatic heterocycles. The molecule has 17 heavy (non-hydrogen) atoms. The first kappa shape index (κ1) is 13.8. The predicted octanol–water partition coefficient (Wildman–Crippen LogP) is 2.98. The lowest BCUT2D eigenvalue weighted by atomic mass is 10.2. The van der Waals surface area contributed by atoms with E-state index in [0.717, 1.165) is 18.0 Å². The lowest BCUT2D eigenvalue weighted by Gasteiger charge is -2.15. The molecule has 0 fully saturated rings. The van der Waals surface area contributed by atoms with Crippen LogP contribution >= 0.6 is 12.2 Å². The number of hydrogen-bond acceptors (Lipinski definition) is 2. The van der Waals surface area contributed by atoms with Crippen LogP contribution in [-0.2, 0) is 0 Å². The summed E-state index contributed by atoms with van der Waals surface area (Å²) in [4.78, 5) is 1.86. The molecule has 1 rings (SSSR count). The molecular weight excluding hydrogens is 232 g/mol. The van der Waals surface area contributed by atoms with Crippen molar-refractivity contribution in [1.82, 2.24) is 4.90 Å². The molecule has 0 unspecified atom stereocenters. The van der Waals surface area contributed by atoms with E-state index in [4.69, 9.17) is 17.0 Å². The number of anilines is 1. The van der Waals surface area contributed by atoms with Gasteiger partial charge < -0.3 is 15.0 Å². The highest BCUT2D eigenvalue weighted by atomic mass is 32.1. The Hall–Kier alpha value is -1.29. The van der Waals surface area contributed by atoms with Crippen molar-refractivity contribution in [3.8, 4) is 5.75 Å². The van der Waals surface area contributed by atoms with Gasteiger partial charge in [-0.3, -0.25) is 0 Å². The SMILES string of the molecule is CC(C)COc1ccc(NC(=S)N(C)C)cc1. The molecule has 0 saturated heterocycles. The Bertz CT molecular complexity index is 360. The van der Waals surface area contributed by atoms with Gasteiger partial charge in [0.25, 0.3) is 0 Å². The van der Waals surface area contributed by atoms with Gasteiger partial charge in [0.2, 0.25) is 0 Å². The summed E-state index contributed by atoms with van der Waals surface area (Å²) >= 11 is 5.16. The summed E-state index contributed by atoms with van der Waals surface area (Å²) in [6, 6.07) is 7.82. The molecule has 1 N–H and O–H groups in total. The highest BCUT2D eigenvalue weighted by molar-refractivity contribution is 7.80. The highest BCUT2D eigenvalue weighted by Crippen LogP contribution is 2.16. The van der Waals surface area contributed by atoms with Crippen molar-refractivity contribution < 1.29 is 4.74 Å². The van der Waals surface area contributed by atoms with E-state index in [1.807, 2.05) is 43.3 Å². The van der Waals surface area contributed by atoms with Crippen LogP contribution in [0.1, 0.15) is 13.8 Å². The smallest absolute Gasteiger partial charge is 0.172 e. The number of benzene rings is 1.